The number of halogens is 1. The van der Waals surface area contributed by atoms with Crippen LogP contribution in [0.4, 0.5) is 0 Å². The van der Waals surface area contributed by atoms with Crippen LogP contribution in [0.25, 0.3) is 16.9 Å². The lowest BCUT2D eigenvalue weighted by Gasteiger charge is -2.09. The Kier molecular flexibility index (Phi) is 3.46. The Hall–Kier alpha value is -2.59. The summed E-state index contributed by atoms with van der Waals surface area (Å²) in [6.45, 7) is 0. The molecule has 0 aliphatic heterocycles. The Labute approximate surface area is 126 Å². The number of para-hydroxylation sites is 1. The van der Waals surface area contributed by atoms with Crippen molar-refractivity contribution >= 4 is 17.6 Å². The summed E-state index contributed by atoms with van der Waals surface area (Å²) in [7, 11) is 0. The van der Waals surface area contributed by atoms with Gasteiger partial charge in [0.15, 0.2) is 0 Å². The lowest BCUT2D eigenvalue weighted by molar-refractivity contribution is 0.0697. The zero-order chi connectivity index (χ0) is 14.8. The number of aromatic carboxylic acids is 1. The average Bonchev–Trinajstić information content (AvgIpc) is 2.97. The van der Waals surface area contributed by atoms with E-state index in [1.807, 2.05) is 36.4 Å². The maximum atomic E-state index is 11.0. The lowest BCUT2D eigenvalue weighted by Crippen LogP contribution is -2.00. The van der Waals surface area contributed by atoms with Gasteiger partial charge in [-0.2, -0.15) is 5.10 Å². The molecule has 104 valence electrons. The number of carbonyl (C=O) groups is 1. The molecule has 0 aliphatic carbocycles. The molecule has 21 heavy (non-hydrogen) atoms. The molecular formula is C16H11ClN2O2. The highest BCUT2D eigenvalue weighted by molar-refractivity contribution is 6.33. The Balaban J connectivity index is 2.11. The van der Waals surface area contributed by atoms with Crippen LogP contribution in [0.1, 0.15) is 10.4 Å². The van der Waals surface area contributed by atoms with Gasteiger partial charge in [0.1, 0.15) is 0 Å². The second kappa shape index (κ2) is 5.42. The maximum Gasteiger partial charge on any atom is 0.335 e. The van der Waals surface area contributed by atoms with Gasteiger partial charge in [-0.05, 0) is 30.3 Å². The van der Waals surface area contributed by atoms with E-state index in [9.17, 15) is 4.79 Å². The van der Waals surface area contributed by atoms with Crippen molar-refractivity contribution in [2.45, 2.75) is 0 Å². The van der Waals surface area contributed by atoms with Crippen molar-refractivity contribution in [2.24, 2.45) is 0 Å². The molecule has 1 aromatic heterocycles. The minimum Gasteiger partial charge on any atom is -0.478 e. The van der Waals surface area contributed by atoms with Gasteiger partial charge in [0.25, 0.3) is 0 Å². The molecule has 0 saturated carbocycles. The average molecular weight is 299 g/mol. The molecule has 0 radical (unpaired) electrons. The zero-order valence-electron chi connectivity index (χ0n) is 10.9. The fraction of sp³-hybridized carbons (Fsp3) is 0. The largest absolute Gasteiger partial charge is 0.478 e. The van der Waals surface area contributed by atoms with Gasteiger partial charge in [0, 0.05) is 5.56 Å². The minimum atomic E-state index is -1.000. The Morgan fingerprint density at radius 1 is 1.10 bits per heavy atom. The summed E-state index contributed by atoms with van der Waals surface area (Å²) in [6.07, 6.45) is 1.68. The van der Waals surface area contributed by atoms with Crippen molar-refractivity contribution in [3.63, 3.8) is 0 Å². The standard InChI is InChI=1S/C16H11ClN2O2/c17-14-10-11(16(20)21)6-7-13(14)15-8-9-18-19(15)12-4-2-1-3-5-12/h1-10H,(H,20,21). The summed E-state index contributed by atoms with van der Waals surface area (Å²) in [4.78, 5) is 11.0. The van der Waals surface area contributed by atoms with Crippen LogP contribution in [0.2, 0.25) is 5.02 Å². The van der Waals surface area contributed by atoms with Crippen LogP contribution >= 0.6 is 11.6 Å². The van der Waals surface area contributed by atoms with Crippen molar-refractivity contribution in [3.8, 4) is 16.9 Å². The molecule has 2 aromatic carbocycles. The third kappa shape index (κ3) is 2.53. The van der Waals surface area contributed by atoms with Gasteiger partial charge in [-0.1, -0.05) is 35.9 Å². The van der Waals surface area contributed by atoms with Crippen molar-refractivity contribution in [1.82, 2.24) is 9.78 Å². The minimum absolute atomic E-state index is 0.162. The fourth-order valence-electron chi connectivity index (χ4n) is 2.14. The van der Waals surface area contributed by atoms with E-state index in [1.54, 1.807) is 16.9 Å². The molecule has 0 aliphatic rings. The highest BCUT2D eigenvalue weighted by Crippen LogP contribution is 2.30. The number of carboxylic acids is 1. The van der Waals surface area contributed by atoms with Crippen LogP contribution in [0.15, 0.2) is 60.8 Å². The summed E-state index contributed by atoms with van der Waals surface area (Å²) in [5, 5.41) is 13.7. The smallest absolute Gasteiger partial charge is 0.335 e. The van der Waals surface area contributed by atoms with E-state index in [2.05, 4.69) is 5.10 Å². The highest BCUT2D eigenvalue weighted by Gasteiger charge is 2.13. The van der Waals surface area contributed by atoms with Crippen molar-refractivity contribution in [1.29, 1.82) is 0 Å². The summed E-state index contributed by atoms with van der Waals surface area (Å²) in [5.41, 5.74) is 2.62. The lowest BCUT2D eigenvalue weighted by atomic mass is 10.1. The first-order valence-electron chi connectivity index (χ1n) is 6.29. The number of carboxylic acid groups (broad SMARTS) is 1. The van der Waals surface area contributed by atoms with Crippen molar-refractivity contribution in [3.05, 3.63) is 71.4 Å². The summed E-state index contributed by atoms with van der Waals surface area (Å²) in [6, 6.07) is 16.2. The number of hydrogen-bond acceptors (Lipinski definition) is 2. The van der Waals surface area contributed by atoms with Gasteiger partial charge in [-0.3, -0.25) is 0 Å². The Morgan fingerprint density at radius 3 is 2.52 bits per heavy atom. The van der Waals surface area contributed by atoms with E-state index in [0.29, 0.717) is 5.02 Å². The summed E-state index contributed by atoms with van der Waals surface area (Å²) < 4.78 is 1.77. The van der Waals surface area contributed by atoms with Crippen molar-refractivity contribution < 1.29 is 9.90 Å². The molecule has 4 nitrogen and oxygen atoms in total. The van der Waals surface area contributed by atoms with Crippen LogP contribution < -0.4 is 0 Å². The molecular weight excluding hydrogens is 288 g/mol. The molecule has 0 fully saturated rings. The third-order valence-electron chi connectivity index (χ3n) is 3.14. The third-order valence-corrected chi connectivity index (χ3v) is 3.45. The summed E-state index contributed by atoms with van der Waals surface area (Å²) in [5.74, 6) is -1.000. The first-order chi connectivity index (χ1) is 10.2. The monoisotopic (exact) mass is 298 g/mol. The van der Waals surface area contributed by atoms with Gasteiger partial charge in [0.2, 0.25) is 0 Å². The van der Waals surface area contributed by atoms with Crippen molar-refractivity contribution in [2.75, 3.05) is 0 Å². The normalized spacial score (nSPS) is 10.5. The molecule has 3 rings (SSSR count). The van der Waals surface area contributed by atoms with E-state index in [0.717, 1.165) is 16.9 Å². The van der Waals surface area contributed by atoms with Gasteiger partial charge >= 0.3 is 5.97 Å². The van der Waals surface area contributed by atoms with E-state index in [-0.39, 0.29) is 5.56 Å². The highest BCUT2D eigenvalue weighted by atomic mass is 35.5. The van der Waals surface area contributed by atoms with E-state index < -0.39 is 5.97 Å². The molecule has 5 heteroatoms. The van der Waals surface area contributed by atoms with Crippen LogP contribution in [0, 0.1) is 0 Å². The van der Waals surface area contributed by atoms with E-state index in [1.165, 1.54) is 12.1 Å². The molecule has 1 N–H and O–H groups in total. The zero-order valence-corrected chi connectivity index (χ0v) is 11.7. The van der Waals surface area contributed by atoms with Gasteiger partial charge in [-0.15, -0.1) is 0 Å². The molecule has 0 spiro atoms. The maximum absolute atomic E-state index is 11.0. The number of rotatable bonds is 3. The number of nitrogens with zero attached hydrogens (tertiary/aromatic N) is 2. The SMILES string of the molecule is O=C(O)c1ccc(-c2ccnn2-c2ccccc2)c(Cl)c1. The second-order valence-corrected chi connectivity index (χ2v) is 4.87. The van der Waals surface area contributed by atoms with Crippen LogP contribution in [0.5, 0.6) is 0 Å². The van der Waals surface area contributed by atoms with Crippen LogP contribution in [-0.2, 0) is 0 Å². The summed E-state index contributed by atoms with van der Waals surface area (Å²) >= 11 is 6.22. The van der Waals surface area contributed by atoms with Gasteiger partial charge in [-0.25, -0.2) is 9.48 Å². The molecule has 3 aromatic rings. The predicted molar refractivity (Wildman–Crippen MR) is 81.0 cm³/mol. The first kappa shape index (κ1) is 13.4. The van der Waals surface area contributed by atoms with Gasteiger partial charge in [0.05, 0.1) is 28.2 Å². The second-order valence-electron chi connectivity index (χ2n) is 4.46. The predicted octanol–water partition coefficient (Wildman–Crippen LogP) is 3.89. The molecule has 0 atom stereocenters. The fourth-order valence-corrected chi connectivity index (χ4v) is 2.42. The molecule has 0 bridgehead atoms. The topological polar surface area (TPSA) is 55.1 Å². The van der Waals surface area contributed by atoms with E-state index >= 15 is 0 Å². The first-order valence-corrected chi connectivity index (χ1v) is 6.67. The molecule has 0 unspecified atom stereocenters. The van der Waals surface area contributed by atoms with Gasteiger partial charge < -0.3 is 5.11 Å². The van der Waals surface area contributed by atoms with E-state index in [4.69, 9.17) is 16.7 Å². The van der Waals surface area contributed by atoms with Crippen LogP contribution in [-0.4, -0.2) is 20.9 Å². The number of benzene rings is 2. The molecule has 0 saturated heterocycles. The van der Waals surface area contributed by atoms with Crippen LogP contribution in [0.3, 0.4) is 0 Å². The quantitative estimate of drug-likeness (QED) is 0.798. The Morgan fingerprint density at radius 2 is 1.86 bits per heavy atom. The Bertz CT molecular complexity index is 797. The molecule has 0 amide bonds. The molecule has 1 heterocycles. The number of hydrogen-bond donors (Lipinski definition) is 1. The number of aromatic nitrogens is 2.